The van der Waals surface area contributed by atoms with Crippen molar-refractivity contribution in [3.8, 4) is 11.3 Å². The number of benzene rings is 3. The molecule has 4 aromatic rings. The number of rotatable bonds is 5. The van der Waals surface area contributed by atoms with Gasteiger partial charge in [-0.15, -0.1) is 0 Å². The molecule has 0 aliphatic carbocycles. The van der Waals surface area contributed by atoms with Crippen molar-refractivity contribution in [1.82, 2.24) is 0 Å². The van der Waals surface area contributed by atoms with Gasteiger partial charge in [-0.1, -0.05) is 0 Å². The van der Waals surface area contributed by atoms with Gasteiger partial charge in [-0.25, -0.2) is 0 Å². The third-order valence-electron chi connectivity index (χ3n) is 4.28. The Morgan fingerprint density at radius 2 is 1.52 bits per heavy atom. The van der Waals surface area contributed by atoms with E-state index in [9.17, 15) is 0 Å². The molecule has 1 nitrogen and oxygen atoms in total. The number of hydrogen-bond donors (Lipinski definition) is 0. The van der Waals surface area contributed by atoms with E-state index in [2.05, 4.69) is 85.8 Å². The second-order valence-corrected chi connectivity index (χ2v) is 8.36. The molecular formula is C23H20OSe. The van der Waals surface area contributed by atoms with E-state index >= 15 is 0 Å². The number of aryl methyl sites for hydroxylation is 1. The first-order valence-corrected chi connectivity index (χ1v) is 10.4. The van der Waals surface area contributed by atoms with Gasteiger partial charge in [-0.2, -0.15) is 0 Å². The summed E-state index contributed by atoms with van der Waals surface area (Å²) in [5, 5.41) is 1.33. The van der Waals surface area contributed by atoms with E-state index in [1.165, 1.54) is 19.9 Å². The zero-order chi connectivity index (χ0) is 17.1. The predicted octanol–water partition coefficient (Wildman–Crippen LogP) is 4.71. The molecule has 0 aliphatic rings. The van der Waals surface area contributed by atoms with E-state index in [0.29, 0.717) is 0 Å². The van der Waals surface area contributed by atoms with E-state index in [4.69, 9.17) is 4.42 Å². The van der Waals surface area contributed by atoms with Crippen molar-refractivity contribution in [2.45, 2.75) is 19.8 Å². The van der Waals surface area contributed by atoms with Crippen molar-refractivity contribution in [2.75, 3.05) is 0 Å². The summed E-state index contributed by atoms with van der Waals surface area (Å²) in [5.41, 5.74) is 3.57. The molecule has 0 spiro atoms. The van der Waals surface area contributed by atoms with Gasteiger partial charge in [0.15, 0.2) is 0 Å². The van der Waals surface area contributed by atoms with Crippen molar-refractivity contribution in [1.29, 1.82) is 0 Å². The molecule has 0 saturated carbocycles. The minimum atomic E-state index is 0.210. The molecule has 1 heterocycles. The Morgan fingerprint density at radius 1 is 0.800 bits per heavy atom. The van der Waals surface area contributed by atoms with Gasteiger partial charge in [0.25, 0.3) is 0 Å². The molecular weight excluding hydrogens is 371 g/mol. The van der Waals surface area contributed by atoms with E-state index < -0.39 is 0 Å². The number of hydrogen-bond acceptors (Lipinski definition) is 1. The Hall–Kier alpha value is -2.28. The van der Waals surface area contributed by atoms with Crippen molar-refractivity contribution >= 4 is 34.8 Å². The molecule has 0 amide bonds. The first-order chi connectivity index (χ1) is 12.4. The summed E-state index contributed by atoms with van der Waals surface area (Å²) in [5.74, 6) is 1.03. The van der Waals surface area contributed by atoms with Crippen LogP contribution in [0.25, 0.3) is 22.3 Å². The molecule has 1 aromatic heterocycles. The molecule has 0 bridgehead atoms. The van der Waals surface area contributed by atoms with Crippen LogP contribution < -0.4 is 8.92 Å². The van der Waals surface area contributed by atoms with Gasteiger partial charge in [-0.05, 0) is 0 Å². The average Bonchev–Trinajstić information content (AvgIpc) is 3.03. The van der Waals surface area contributed by atoms with Crippen LogP contribution in [0.3, 0.4) is 0 Å². The van der Waals surface area contributed by atoms with Crippen LogP contribution in [0.2, 0.25) is 0 Å². The molecule has 3 aromatic carbocycles. The average molecular weight is 391 g/mol. The van der Waals surface area contributed by atoms with Crippen molar-refractivity contribution in [3.05, 3.63) is 84.4 Å². The third kappa shape index (κ3) is 3.28. The van der Waals surface area contributed by atoms with Gasteiger partial charge in [0.05, 0.1) is 0 Å². The fourth-order valence-corrected chi connectivity index (χ4v) is 5.49. The van der Waals surface area contributed by atoms with Crippen LogP contribution in [-0.2, 0) is 6.42 Å². The first kappa shape index (κ1) is 16.2. The molecule has 0 radical (unpaired) electrons. The Bertz CT molecular complexity index is 971. The fraction of sp³-hybridized carbons (Fsp3) is 0.130. The van der Waals surface area contributed by atoms with E-state index in [0.717, 1.165) is 29.7 Å². The van der Waals surface area contributed by atoms with Crippen LogP contribution in [0.5, 0.6) is 0 Å². The Balaban J connectivity index is 1.94. The van der Waals surface area contributed by atoms with Crippen LogP contribution >= 0.6 is 0 Å². The summed E-state index contributed by atoms with van der Waals surface area (Å²) in [6, 6.07) is 27.7. The third-order valence-corrected chi connectivity index (χ3v) is 6.59. The van der Waals surface area contributed by atoms with E-state index in [1.807, 2.05) is 0 Å². The molecule has 0 atom stereocenters. The van der Waals surface area contributed by atoms with Gasteiger partial charge >= 0.3 is 155 Å². The maximum atomic E-state index is 6.36. The summed E-state index contributed by atoms with van der Waals surface area (Å²) in [7, 11) is 0. The monoisotopic (exact) mass is 392 g/mol. The number of fused-ring (bicyclic) bond motifs is 1. The van der Waals surface area contributed by atoms with Gasteiger partial charge < -0.3 is 0 Å². The van der Waals surface area contributed by atoms with Gasteiger partial charge in [0.2, 0.25) is 0 Å². The van der Waals surface area contributed by atoms with Crippen molar-refractivity contribution in [2.24, 2.45) is 0 Å². The Morgan fingerprint density at radius 3 is 2.24 bits per heavy atom. The fourth-order valence-electron chi connectivity index (χ4n) is 3.15. The summed E-state index contributed by atoms with van der Waals surface area (Å²) in [6.07, 6.45) is 2.23. The standard InChI is InChI=1S/C23H20OSe/c1-2-10-17-13-9-16-20-21(17)23(25-19-14-7-4-8-15-19)22(24-20)18-11-5-3-6-12-18/h3-9,11-16H,2,10H2,1H3. The van der Waals surface area contributed by atoms with Crippen molar-refractivity contribution in [3.63, 3.8) is 0 Å². The zero-order valence-corrected chi connectivity index (χ0v) is 15.9. The second-order valence-electron chi connectivity index (χ2n) is 6.08. The van der Waals surface area contributed by atoms with Crippen LogP contribution in [0.1, 0.15) is 18.9 Å². The Labute approximate surface area is 154 Å². The molecule has 124 valence electrons. The molecule has 0 saturated heterocycles. The Kier molecular flexibility index (Phi) is 4.74. The second kappa shape index (κ2) is 7.31. The molecule has 25 heavy (non-hydrogen) atoms. The van der Waals surface area contributed by atoms with Crippen LogP contribution in [-0.4, -0.2) is 15.0 Å². The molecule has 0 aliphatic heterocycles. The van der Waals surface area contributed by atoms with Crippen LogP contribution in [0.15, 0.2) is 83.3 Å². The minimum absolute atomic E-state index is 0.210. The van der Waals surface area contributed by atoms with E-state index in [-0.39, 0.29) is 15.0 Å². The summed E-state index contributed by atoms with van der Waals surface area (Å²) < 4.78 is 9.10. The van der Waals surface area contributed by atoms with Gasteiger partial charge in [0, 0.05) is 0 Å². The van der Waals surface area contributed by atoms with Crippen LogP contribution in [0.4, 0.5) is 0 Å². The first-order valence-electron chi connectivity index (χ1n) is 8.69. The number of furan rings is 1. The molecule has 0 N–H and O–H groups in total. The summed E-state index contributed by atoms with van der Waals surface area (Å²) in [6.45, 7) is 2.24. The van der Waals surface area contributed by atoms with Gasteiger partial charge in [0.1, 0.15) is 0 Å². The SMILES string of the molecule is CCCc1cccc2oc(-c3ccccc3)c([Se]c3ccccc3)c12. The normalized spacial score (nSPS) is 11.1. The molecule has 0 fully saturated rings. The predicted molar refractivity (Wildman–Crippen MR) is 107 cm³/mol. The molecule has 4 rings (SSSR count). The maximum absolute atomic E-state index is 6.36. The topological polar surface area (TPSA) is 13.1 Å². The van der Waals surface area contributed by atoms with E-state index in [1.54, 1.807) is 0 Å². The van der Waals surface area contributed by atoms with Crippen molar-refractivity contribution < 1.29 is 4.42 Å². The molecule has 2 heteroatoms. The van der Waals surface area contributed by atoms with Crippen LogP contribution in [0, 0.1) is 0 Å². The zero-order valence-electron chi connectivity index (χ0n) is 14.2. The molecule has 0 unspecified atom stereocenters. The van der Waals surface area contributed by atoms with Gasteiger partial charge in [-0.3, -0.25) is 0 Å². The summed E-state index contributed by atoms with van der Waals surface area (Å²) in [4.78, 5) is 0. The summed E-state index contributed by atoms with van der Waals surface area (Å²) >= 11 is 0.210. The quantitative estimate of drug-likeness (QED) is 0.449.